The molecule has 1 aliphatic rings. The molecule has 0 radical (unpaired) electrons. The standard InChI is InChI=1S/C18H20F3N3O4S3/c1-9-16(31(22,27)28)14(10-3-6-30(25,26)7-4-10)15(29-9)11-2-5-23-17-12(11)8-13(24-17)18(19,20)21/h2,5,8,10,25-26H,3-4,6-7H2,1H3,(H,23,24)(H2,22,27,28). The summed E-state index contributed by atoms with van der Waals surface area (Å²) < 4.78 is 84.4. The lowest BCUT2D eigenvalue weighted by Crippen LogP contribution is -2.22. The molecule has 13 heteroatoms. The number of nitrogens with zero attached hydrogens (tertiary/aromatic N) is 1. The lowest BCUT2D eigenvalue weighted by Gasteiger charge is -2.39. The van der Waals surface area contributed by atoms with Crippen molar-refractivity contribution in [2.75, 3.05) is 11.5 Å². The van der Waals surface area contributed by atoms with Gasteiger partial charge in [0.15, 0.2) is 0 Å². The van der Waals surface area contributed by atoms with Gasteiger partial charge in [0.1, 0.15) is 11.3 Å². The Hall–Kier alpha value is -1.64. The minimum atomic E-state index is -4.59. The molecule has 0 aromatic carbocycles. The Labute approximate surface area is 181 Å². The van der Waals surface area contributed by atoms with Crippen molar-refractivity contribution in [3.05, 3.63) is 34.5 Å². The molecule has 1 aliphatic heterocycles. The minimum absolute atomic E-state index is 0.0348. The highest BCUT2D eigenvalue weighted by Gasteiger charge is 2.36. The first-order valence-corrected chi connectivity index (χ1v) is 13.5. The van der Waals surface area contributed by atoms with E-state index in [1.165, 1.54) is 6.20 Å². The van der Waals surface area contributed by atoms with Crippen molar-refractivity contribution in [2.45, 2.75) is 36.8 Å². The van der Waals surface area contributed by atoms with Crippen LogP contribution in [0.1, 0.15) is 34.9 Å². The number of H-pyrrole nitrogens is 1. The maximum atomic E-state index is 13.2. The first kappa shape index (κ1) is 22.6. The molecule has 4 heterocycles. The van der Waals surface area contributed by atoms with E-state index in [1.54, 1.807) is 13.0 Å². The highest BCUT2D eigenvalue weighted by Crippen LogP contribution is 2.53. The van der Waals surface area contributed by atoms with Gasteiger partial charge in [0, 0.05) is 38.4 Å². The van der Waals surface area contributed by atoms with Crippen molar-refractivity contribution in [3.63, 3.8) is 0 Å². The summed E-state index contributed by atoms with van der Waals surface area (Å²) in [7, 11) is -6.82. The summed E-state index contributed by atoms with van der Waals surface area (Å²) >= 11 is 1.15. The van der Waals surface area contributed by atoms with Gasteiger partial charge in [-0.15, -0.1) is 11.3 Å². The molecule has 7 nitrogen and oxygen atoms in total. The molecule has 3 aromatic heterocycles. The number of halogens is 3. The lowest BCUT2D eigenvalue weighted by atomic mass is 9.91. The number of aromatic amines is 1. The van der Waals surface area contributed by atoms with E-state index in [9.17, 15) is 30.7 Å². The van der Waals surface area contributed by atoms with Crippen LogP contribution in [0.4, 0.5) is 13.2 Å². The van der Waals surface area contributed by atoms with Gasteiger partial charge in [-0.3, -0.25) is 9.11 Å². The fourth-order valence-electron chi connectivity index (χ4n) is 4.05. The highest BCUT2D eigenvalue weighted by molar-refractivity contribution is 8.24. The number of fused-ring (bicyclic) bond motifs is 1. The third-order valence-electron chi connectivity index (χ3n) is 5.43. The van der Waals surface area contributed by atoms with Gasteiger partial charge in [-0.25, -0.2) is 18.5 Å². The maximum Gasteiger partial charge on any atom is 0.431 e. The number of aromatic nitrogens is 2. The second-order valence-electron chi connectivity index (χ2n) is 7.56. The number of hydrogen-bond acceptors (Lipinski definition) is 6. The molecule has 5 N–H and O–H groups in total. The maximum absolute atomic E-state index is 13.2. The number of alkyl halides is 3. The van der Waals surface area contributed by atoms with Gasteiger partial charge >= 0.3 is 6.18 Å². The number of pyridine rings is 1. The zero-order chi connectivity index (χ0) is 22.8. The van der Waals surface area contributed by atoms with Crippen molar-refractivity contribution in [1.29, 1.82) is 0 Å². The van der Waals surface area contributed by atoms with Gasteiger partial charge in [-0.2, -0.15) is 23.8 Å². The van der Waals surface area contributed by atoms with Gasteiger partial charge in [0.2, 0.25) is 10.0 Å². The van der Waals surface area contributed by atoms with E-state index in [4.69, 9.17) is 5.14 Å². The van der Waals surface area contributed by atoms with Crippen LogP contribution in [0.2, 0.25) is 0 Å². The second kappa shape index (κ2) is 7.46. The van der Waals surface area contributed by atoms with Crippen LogP contribution in [0.5, 0.6) is 0 Å². The highest BCUT2D eigenvalue weighted by atomic mass is 32.3. The Balaban J connectivity index is 1.95. The van der Waals surface area contributed by atoms with E-state index in [1.807, 2.05) is 0 Å². The molecule has 1 saturated heterocycles. The zero-order valence-corrected chi connectivity index (χ0v) is 18.7. The number of primary sulfonamides is 1. The number of hydrogen-bond donors (Lipinski definition) is 4. The van der Waals surface area contributed by atoms with Gasteiger partial charge in [0.25, 0.3) is 0 Å². The minimum Gasteiger partial charge on any atom is -0.336 e. The Morgan fingerprint density at radius 1 is 1.29 bits per heavy atom. The molecule has 31 heavy (non-hydrogen) atoms. The third-order valence-corrected chi connectivity index (χ3v) is 9.58. The summed E-state index contributed by atoms with van der Waals surface area (Å²) in [5, 5.41) is 5.72. The predicted molar refractivity (Wildman–Crippen MR) is 115 cm³/mol. The molecule has 0 saturated carbocycles. The van der Waals surface area contributed by atoms with Crippen LogP contribution in [0.3, 0.4) is 0 Å². The number of sulfonamides is 1. The van der Waals surface area contributed by atoms with Crippen LogP contribution in [0.15, 0.2) is 23.2 Å². The number of rotatable bonds is 3. The van der Waals surface area contributed by atoms with Crippen molar-refractivity contribution < 1.29 is 30.7 Å². The summed E-state index contributed by atoms with van der Waals surface area (Å²) in [4.78, 5) is 7.16. The van der Waals surface area contributed by atoms with Crippen LogP contribution in [0.25, 0.3) is 21.5 Å². The van der Waals surface area contributed by atoms with Crippen LogP contribution in [0, 0.1) is 6.92 Å². The second-order valence-corrected chi connectivity index (χ2v) is 12.7. The van der Waals surface area contributed by atoms with Crippen molar-refractivity contribution >= 4 is 43.0 Å². The van der Waals surface area contributed by atoms with Gasteiger partial charge in [-0.05, 0) is 43.4 Å². The summed E-state index contributed by atoms with van der Waals surface area (Å²) in [6.07, 6.45) is -2.55. The fraction of sp³-hybridized carbons (Fsp3) is 0.389. The molecule has 1 fully saturated rings. The molecular weight excluding hydrogens is 475 g/mol. The average molecular weight is 496 g/mol. The Morgan fingerprint density at radius 2 is 1.94 bits per heavy atom. The number of aryl methyl sites for hydroxylation is 1. The number of nitrogens with two attached hydrogens (primary N) is 1. The molecule has 0 amide bonds. The molecule has 0 bridgehead atoms. The van der Waals surface area contributed by atoms with E-state index in [-0.39, 0.29) is 33.4 Å². The summed E-state index contributed by atoms with van der Waals surface area (Å²) in [5.41, 5.74) is -0.0542. The van der Waals surface area contributed by atoms with E-state index in [2.05, 4.69) is 9.97 Å². The average Bonchev–Trinajstić information content (AvgIpc) is 3.22. The first-order valence-electron chi connectivity index (χ1n) is 9.23. The molecule has 4 rings (SSSR count). The van der Waals surface area contributed by atoms with Crippen LogP contribution in [-0.2, 0) is 16.2 Å². The molecule has 0 unspecified atom stereocenters. The summed E-state index contributed by atoms with van der Waals surface area (Å²) in [6, 6.07) is 2.51. The smallest absolute Gasteiger partial charge is 0.336 e. The number of nitrogens with one attached hydrogen (secondary N) is 1. The van der Waals surface area contributed by atoms with E-state index < -0.39 is 32.5 Å². The van der Waals surface area contributed by atoms with Gasteiger partial charge < -0.3 is 4.98 Å². The van der Waals surface area contributed by atoms with E-state index in [0.717, 1.165) is 17.4 Å². The summed E-state index contributed by atoms with van der Waals surface area (Å²) in [5.74, 6) is -0.0635. The molecular formula is C18H20F3N3O4S3. The van der Waals surface area contributed by atoms with Crippen molar-refractivity contribution in [1.82, 2.24) is 9.97 Å². The quantitative estimate of drug-likeness (QED) is 0.411. The van der Waals surface area contributed by atoms with E-state index >= 15 is 0 Å². The van der Waals surface area contributed by atoms with E-state index in [0.29, 0.717) is 33.7 Å². The normalized spacial score (nSPS) is 19.1. The van der Waals surface area contributed by atoms with Crippen LogP contribution >= 0.6 is 21.9 Å². The first-order chi connectivity index (χ1) is 14.3. The monoisotopic (exact) mass is 495 g/mol. The summed E-state index contributed by atoms with van der Waals surface area (Å²) in [6.45, 7) is 1.60. The molecule has 170 valence electrons. The zero-order valence-electron chi connectivity index (χ0n) is 16.2. The Bertz CT molecular complexity index is 1260. The Kier molecular flexibility index (Phi) is 5.42. The molecule has 3 aromatic rings. The third kappa shape index (κ3) is 4.22. The predicted octanol–water partition coefficient (Wildman–Crippen LogP) is 4.89. The van der Waals surface area contributed by atoms with Crippen LogP contribution in [-0.4, -0.2) is 39.0 Å². The number of thiophene rings is 1. The van der Waals surface area contributed by atoms with Crippen molar-refractivity contribution in [2.24, 2.45) is 5.14 Å². The van der Waals surface area contributed by atoms with Gasteiger partial charge in [-0.1, -0.05) is 0 Å². The van der Waals surface area contributed by atoms with Crippen LogP contribution < -0.4 is 5.14 Å². The van der Waals surface area contributed by atoms with Gasteiger partial charge in [0.05, 0.1) is 4.90 Å². The Morgan fingerprint density at radius 3 is 2.52 bits per heavy atom. The SMILES string of the molecule is Cc1sc(-c2ccnc3[nH]c(C(F)(F)F)cc23)c(C2CCS(O)(O)CC2)c1S(N)(=O)=O. The lowest BCUT2D eigenvalue weighted by molar-refractivity contribution is -0.140. The van der Waals surface area contributed by atoms with Crippen molar-refractivity contribution in [3.8, 4) is 10.4 Å². The molecule has 0 atom stereocenters. The largest absolute Gasteiger partial charge is 0.431 e. The fourth-order valence-corrected chi connectivity index (χ4v) is 8.26. The topological polar surface area (TPSA) is 129 Å². The molecule has 0 aliphatic carbocycles. The molecule has 0 spiro atoms.